The van der Waals surface area contributed by atoms with Gasteiger partial charge in [-0.05, 0) is 49.2 Å². The minimum absolute atomic E-state index is 0.204. The van der Waals surface area contributed by atoms with Crippen LogP contribution in [-0.2, 0) is 4.74 Å². The van der Waals surface area contributed by atoms with Crippen molar-refractivity contribution >= 4 is 17.6 Å². The third kappa shape index (κ3) is 4.00. The number of ether oxygens (including phenoxy) is 1. The van der Waals surface area contributed by atoms with Crippen molar-refractivity contribution in [1.82, 2.24) is 0 Å². The summed E-state index contributed by atoms with van der Waals surface area (Å²) < 4.78 is 10.6. The van der Waals surface area contributed by atoms with Gasteiger partial charge >= 0.3 is 5.97 Å². The number of anilines is 1. The molecule has 2 aromatic carbocycles. The molecule has 1 N–H and O–H groups in total. The Morgan fingerprint density at radius 1 is 1.04 bits per heavy atom. The Balaban J connectivity index is 1.74. The van der Waals surface area contributed by atoms with E-state index in [2.05, 4.69) is 5.32 Å². The Morgan fingerprint density at radius 2 is 1.81 bits per heavy atom. The van der Waals surface area contributed by atoms with Crippen LogP contribution < -0.4 is 5.32 Å². The van der Waals surface area contributed by atoms with E-state index in [1.54, 1.807) is 30.3 Å². The minimum Gasteiger partial charge on any atom is -0.459 e. The molecule has 1 amide bonds. The largest absolute Gasteiger partial charge is 0.459 e. The second kappa shape index (κ2) is 7.70. The van der Waals surface area contributed by atoms with Gasteiger partial charge in [0.05, 0.1) is 11.8 Å². The maximum absolute atomic E-state index is 12.5. The Morgan fingerprint density at radius 3 is 2.50 bits per heavy atom. The first-order valence-corrected chi connectivity index (χ1v) is 8.26. The monoisotopic (exact) mass is 349 g/mol. The summed E-state index contributed by atoms with van der Waals surface area (Å²) in [5.74, 6) is -0.619. The highest BCUT2D eigenvalue weighted by Gasteiger charge is 2.16. The molecule has 0 saturated heterocycles. The summed E-state index contributed by atoms with van der Waals surface area (Å²) in [6.45, 7) is 3.67. The Kier molecular flexibility index (Phi) is 5.17. The van der Waals surface area contributed by atoms with Crippen molar-refractivity contribution in [2.45, 2.75) is 20.0 Å². The van der Waals surface area contributed by atoms with Gasteiger partial charge in [0.25, 0.3) is 5.91 Å². The van der Waals surface area contributed by atoms with Gasteiger partial charge in [-0.1, -0.05) is 36.4 Å². The van der Waals surface area contributed by atoms with E-state index in [-0.39, 0.29) is 17.8 Å². The van der Waals surface area contributed by atoms with Crippen molar-refractivity contribution in [3.63, 3.8) is 0 Å². The number of nitrogens with one attached hydrogen (secondary N) is 1. The first kappa shape index (κ1) is 17.5. The van der Waals surface area contributed by atoms with Gasteiger partial charge in [-0.3, -0.25) is 4.79 Å². The van der Waals surface area contributed by atoms with E-state index in [1.165, 1.54) is 6.26 Å². The average molecular weight is 349 g/mol. The van der Waals surface area contributed by atoms with Gasteiger partial charge in [0.1, 0.15) is 6.10 Å². The van der Waals surface area contributed by atoms with Crippen LogP contribution in [-0.4, -0.2) is 11.9 Å². The lowest BCUT2D eigenvalue weighted by molar-refractivity contribution is 0.0338. The number of hydrogen-bond donors (Lipinski definition) is 1. The standard InChI is InChI=1S/C21H19NO4/c1-14-10-11-17(13-18(14)22-20(23)19-9-6-12-25-19)21(24)26-15(2)16-7-4-3-5-8-16/h3-13,15H,1-2H3,(H,22,23)/t15-/m0/s1. The first-order chi connectivity index (χ1) is 12.5. The van der Waals surface area contributed by atoms with Gasteiger partial charge in [-0.15, -0.1) is 0 Å². The molecule has 0 aliphatic rings. The van der Waals surface area contributed by atoms with Crippen molar-refractivity contribution < 1.29 is 18.7 Å². The van der Waals surface area contributed by atoms with E-state index in [0.29, 0.717) is 11.3 Å². The maximum Gasteiger partial charge on any atom is 0.338 e. The molecular weight excluding hydrogens is 330 g/mol. The van der Waals surface area contributed by atoms with Gasteiger partial charge in [-0.2, -0.15) is 0 Å². The van der Waals surface area contributed by atoms with Crippen LogP contribution in [0.1, 0.15) is 45.1 Å². The molecule has 0 bridgehead atoms. The molecule has 5 nitrogen and oxygen atoms in total. The third-order valence-electron chi connectivity index (χ3n) is 4.02. The highest BCUT2D eigenvalue weighted by molar-refractivity contribution is 6.03. The highest BCUT2D eigenvalue weighted by atomic mass is 16.5. The zero-order valence-corrected chi connectivity index (χ0v) is 14.6. The zero-order valence-electron chi connectivity index (χ0n) is 14.6. The smallest absolute Gasteiger partial charge is 0.338 e. The molecule has 5 heteroatoms. The van der Waals surface area contributed by atoms with E-state index in [9.17, 15) is 9.59 Å². The highest BCUT2D eigenvalue weighted by Crippen LogP contribution is 2.22. The van der Waals surface area contributed by atoms with Crippen LogP contribution in [0.3, 0.4) is 0 Å². The second-order valence-corrected chi connectivity index (χ2v) is 5.92. The predicted molar refractivity (Wildman–Crippen MR) is 98.1 cm³/mol. The zero-order chi connectivity index (χ0) is 18.5. The van der Waals surface area contributed by atoms with Gasteiger partial charge in [0, 0.05) is 5.69 Å². The van der Waals surface area contributed by atoms with Gasteiger partial charge < -0.3 is 14.5 Å². The van der Waals surface area contributed by atoms with Crippen LogP contribution in [0.2, 0.25) is 0 Å². The number of carbonyl (C=O) groups excluding carboxylic acids is 2. The molecule has 1 heterocycles. The summed E-state index contributed by atoms with van der Waals surface area (Å²) in [4.78, 5) is 24.6. The van der Waals surface area contributed by atoms with E-state index >= 15 is 0 Å². The van der Waals surface area contributed by atoms with Crippen molar-refractivity contribution in [1.29, 1.82) is 0 Å². The van der Waals surface area contributed by atoms with Gasteiger partial charge in [0.15, 0.2) is 5.76 Å². The van der Waals surface area contributed by atoms with E-state index < -0.39 is 5.97 Å². The molecule has 0 saturated carbocycles. The van der Waals surface area contributed by atoms with Crippen LogP contribution in [0.4, 0.5) is 5.69 Å². The fourth-order valence-corrected chi connectivity index (χ4v) is 2.50. The van der Waals surface area contributed by atoms with Crippen LogP contribution in [0.25, 0.3) is 0 Å². The van der Waals surface area contributed by atoms with E-state index in [1.807, 2.05) is 44.2 Å². The molecule has 26 heavy (non-hydrogen) atoms. The third-order valence-corrected chi connectivity index (χ3v) is 4.02. The van der Waals surface area contributed by atoms with Crippen molar-refractivity contribution in [3.8, 4) is 0 Å². The summed E-state index contributed by atoms with van der Waals surface area (Å²) in [5, 5.41) is 2.75. The first-order valence-electron chi connectivity index (χ1n) is 8.26. The van der Waals surface area contributed by atoms with E-state index in [4.69, 9.17) is 9.15 Å². The number of carbonyl (C=O) groups is 2. The minimum atomic E-state index is -0.449. The van der Waals surface area contributed by atoms with Crippen LogP contribution in [0.15, 0.2) is 71.3 Å². The number of amides is 1. The van der Waals surface area contributed by atoms with Crippen LogP contribution >= 0.6 is 0 Å². The second-order valence-electron chi connectivity index (χ2n) is 5.92. The fraction of sp³-hybridized carbons (Fsp3) is 0.143. The van der Waals surface area contributed by atoms with Gasteiger partial charge in [0.2, 0.25) is 0 Å². The molecule has 0 unspecified atom stereocenters. The molecule has 3 aromatic rings. The number of rotatable bonds is 5. The molecular formula is C21H19NO4. The normalized spacial score (nSPS) is 11.6. The quantitative estimate of drug-likeness (QED) is 0.674. The number of aryl methyl sites for hydroxylation is 1. The number of hydrogen-bond acceptors (Lipinski definition) is 4. The molecule has 1 aromatic heterocycles. The van der Waals surface area contributed by atoms with Crippen LogP contribution in [0, 0.1) is 6.92 Å². The van der Waals surface area contributed by atoms with Crippen molar-refractivity contribution in [3.05, 3.63) is 89.4 Å². The number of furan rings is 1. The molecule has 132 valence electrons. The molecule has 0 radical (unpaired) electrons. The molecule has 0 spiro atoms. The summed E-state index contributed by atoms with van der Waals surface area (Å²) in [5.41, 5.74) is 2.65. The summed E-state index contributed by atoms with van der Waals surface area (Å²) >= 11 is 0. The average Bonchev–Trinajstić information content (AvgIpc) is 3.19. The molecule has 1 atom stereocenters. The lowest BCUT2D eigenvalue weighted by Gasteiger charge is -2.15. The fourth-order valence-electron chi connectivity index (χ4n) is 2.50. The SMILES string of the molecule is Cc1ccc(C(=O)O[C@@H](C)c2ccccc2)cc1NC(=O)c1ccco1. The molecule has 3 rings (SSSR count). The topological polar surface area (TPSA) is 68.5 Å². The predicted octanol–water partition coefficient (Wildman–Crippen LogP) is 4.76. The maximum atomic E-state index is 12.5. The summed E-state index contributed by atoms with van der Waals surface area (Å²) in [6.07, 6.45) is 1.06. The van der Waals surface area contributed by atoms with Crippen molar-refractivity contribution in [2.75, 3.05) is 5.32 Å². The van der Waals surface area contributed by atoms with Crippen LogP contribution in [0.5, 0.6) is 0 Å². The number of benzene rings is 2. The number of esters is 1. The lowest BCUT2D eigenvalue weighted by Crippen LogP contribution is -2.14. The summed E-state index contributed by atoms with van der Waals surface area (Å²) in [6, 6.07) is 17.8. The Hall–Kier alpha value is -3.34. The molecule has 0 aliphatic heterocycles. The van der Waals surface area contributed by atoms with Crippen molar-refractivity contribution in [2.24, 2.45) is 0 Å². The summed E-state index contributed by atoms with van der Waals surface area (Å²) in [7, 11) is 0. The Labute approximate surface area is 151 Å². The lowest BCUT2D eigenvalue weighted by atomic mass is 10.1. The molecule has 0 aliphatic carbocycles. The molecule has 0 fully saturated rings. The van der Waals surface area contributed by atoms with E-state index in [0.717, 1.165) is 11.1 Å². The van der Waals surface area contributed by atoms with Gasteiger partial charge in [-0.25, -0.2) is 4.79 Å². The Bertz CT molecular complexity index is 901.